The number of ether oxygens (including phenoxy) is 1. The molecule has 0 saturated carbocycles. The summed E-state index contributed by atoms with van der Waals surface area (Å²) < 4.78 is 5.24. The highest BCUT2D eigenvalue weighted by atomic mass is 16.5. The maximum atomic E-state index is 14.2. The first-order chi connectivity index (χ1) is 19.9. The van der Waals surface area contributed by atoms with E-state index in [0.717, 1.165) is 24.0 Å². The highest BCUT2D eigenvalue weighted by Gasteiger charge is 2.41. The average molecular weight is 552 g/mol. The molecule has 0 fully saturated rings. The van der Waals surface area contributed by atoms with Gasteiger partial charge >= 0.3 is 0 Å². The summed E-state index contributed by atoms with van der Waals surface area (Å²) in [4.78, 5) is 56.6. The van der Waals surface area contributed by atoms with E-state index in [1.54, 1.807) is 60.5 Å². The summed E-state index contributed by atoms with van der Waals surface area (Å²) in [7, 11) is 1.58. The van der Waals surface area contributed by atoms with Crippen LogP contribution in [0.3, 0.4) is 0 Å². The van der Waals surface area contributed by atoms with Crippen LogP contribution in [0.5, 0.6) is 5.75 Å². The van der Waals surface area contributed by atoms with Crippen LogP contribution in [0.4, 0.5) is 11.4 Å². The number of rotatable bonds is 9. The van der Waals surface area contributed by atoms with Gasteiger partial charge in [0.05, 0.1) is 18.4 Å². The molecule has 8 nitrogen and oxygen atoms in total. The number of nitrogens with zero attached hydrogens (tertiary/aromatic N) is 2. The second-order valence-electron chi connectivity index (χ2n) is 10.4. The van der Waals surface area contributed by atoms with Gasteiger partial charge in [-0.05, 0) is 79.6 Å². The van der Waals surface area contributed by atoms with Gasteiger partial charge in [-0.25, -0.2) is 0 Å². The summed E-state index contributed by atoms with van der Waals surface area (Å²) in [5.41, 5.74) is 3.16. The van der Waals surface area contributed by atoms with E-state index in [9.17, 15) is 19.2 Å². The number of carbonyl (C=O) groups is 4. The molecule has 0 bridgehead atoms. The van der Waals surface area contributed by atoms with Crippen molar-refractivity contribution in [2.75, 3.05) is 23.9 Å². The molecule has 2 aliphatic rings. The van der Waals surface area contributed by atoms with Crippen molar-refractivity contribution >= 4 is 34.9 Å². The lowest BCUT2D eigenvalue weighted by molar-refractivity contribution is -0.140. The van der Waals surface area contributed by atoms with Crippen LogP contribution in [0.2, 0.25) is 0 Å². The van der Waals surface area contributed by atoms with Crippen molar-refractivity contribution < 1.29 is 23.9 Å². The average Bonchev–Trinajstić information content (AvgIpc) is 3.23. The lowest BCUT2D eigenvalue weighted by atomic mass is 9.85. The third kappa shape index (κ3) is 5.91. The first-order valence-corrected chi connectivity index (χ1v) is 13.8. The predicted molar refractivity (Wildman–Crippen MR) is 157 cm³/mol. The molecule has 8 heteroatoms. The van der Waals surface area contributed by atoms with Gasteiger partial charge in [0.1, 0.15) is 18.3 Å². The van der Waals surface area contributed by atoms with Crippen molar-refractivity contribution in [2.24, 2.45) is 5.92 Å². The number of carbonyl (C=O) groups excluding carboxylic acids is 4. The molecule has 0 saturated heterocycles. The standard InChI is InChI=1S/C33H33N3O5/c1-22-10-6-7-13-24(22)20-36(29(37)21-35-28-15-9-8-14-27(28)31(38)33(35)40)30(23-11-4-3-5-12-23)32(39)34-25-16-18-26(41-2)19-17-25/h3-4,6-10,13-19,23,30H,5,11-12,20-21H2,1-2H3,(H,34,39)/t23-,30-/m0/s1. The topological polar surface area (TPSA) is 96.0 Å². The molecular formula is C33H33N3O5. The van der Waals surface area contributed by atoms with Crippen LogP contribution in [0.1, 0.15) is 40.7 Å². The number of ketones is 1. The monoisotopic (exact) mass is 551 g/mol. The van der Waals surface area contributed by atoms with Gasteiger partial charge in [-0.1, -0.05) is 48.6 Å². The molecule has 2 atom stereocenters. The van der Waals surface area contributed by atoms with Crippen LogP contribution in [-0.2, 0) is 20.9 Å². The Morgan fingerprint density at radius 1 is 1.00 bits per heavy atom. The minimum Gasteiger partial charge on any atom is -0.497 e. The molecule has 41 heavy (non-hydrogen) atoms. The Morgan fingerprint density at radius 3 is 2.44 bits per heavy atom. The van der Waals surface area contributed by atoms with Crippen molar-refractivity contribution in [1.29, 1.82) is 0 Å². The number of fused-ring (bicyclic) bond motifs is 1. The maximum absolute atomic E-state index is 14.2. The summed E-state index contributed by atoms with van der Waals surface area (Å²) in [6.07, 6.45) is 6.32. The van der Waals surface area contributed by atoms with E-state index in [1.807, 2.05) is 31.2 Å². The van der Waals surface area contributed by atoms with E-state index in [-0.39, 0.29) is 30.5 Å². The lowest BCUT2D eigenvalue weighted by Crippen LogP contribution is -2.54. The molecule has 1 aliphatic carbocycles. The first-order valence-electron chi connectivity index (χ1n) is 13.8. The molecule has 0 radical (unpaired) electrons. The molecule has 3 amide bonds. The molecule has 1 heterocycles. The minimum atomic E-state index is -0.808. The second-order valence-corrected chi connectivity index (χ2v) is 10.4. The van der Waals surface area contributed by atoms with Gasteiger partial charge in [-0.15, -0.1) is 0 Å². The molecule has 0 spiro atoms. The van der Waals surface area contributed by atoms with Gasteiger partial charge in [-0.2, -0.15) is 0 Å². The zero-order valence-electron chi connectivity index (χ0n) is 23.2. The van der Waals surface area contributed by atoms with Crippen LogP contribution in [-0.4, -0.2) is 48.1 Å². The minimum absolute atomic E-state index is 0.130. The highest BCUT2D eigenvalue weighted by molar-refractivity contribution is 6.52. The molecule has 3 aromatic carbocycles. The SMILES string of the molecule is COc1ccc(NC(=O)[C@H]([C@H]2CC=CCC2)N(Cc2ccccc2C)C(=O)CN2C(=O)C(=O)c3ccccc32)cc1. The summed E-state index contributed by atoms with van der Waals surface area (Å²) in [6.45, 7) is 1.80. The first kappa shape index (κ1) is 27.8. The second kappa shape index (κ2) is 12.2. The van der Waals surface area contributed by atoms with Gasteiger partial charge in [0, 0.05) is 12.2 Å². The van der Waals surface area contributed by atoms with Gasteiger partial charge in [-0.3, -0.25) is 24.1 Å². The Bertz CT molecular complexity index is 1500. The van der Waals surface area contributed by atoms with E-state index in [1.165, 1.54) is 4.90 Å². The molecule has 1 N–H and O–H groups in total. The maximum Gasteiger partial charge on any atom is 0.299 e. The number of amides is 3. The normalized spacial score (nSPS) is 16.7. The van der Waals surface area contributed by atoms with Gasteiger partial charge < -0.3 is 15.0 Å². The number of para-hydroxylation sites is 1. The molecule has 0 aromatic heterocycles. The number of aryl methyl sites for hydroxylation is 1. The van der Waals surface area contributed by atoms with Gasteiger partial charge in [0.2, 0.25) is 11.8 Å². The lowest BCUT2D eigenvalue weighted by Gasteiger charge is -2.38. The van der Waals surface area contributed by atoms with Crippen molar-refractivity contribution in [3.63, 3.8) is 0 Å². The number of nitrogens with one attached hydrogen (secondary N) is 1. The van der Waals surface area contributed by atoms with Crippen LogP contribution < -0.4 is 15.0 Å². The number of hydrogen-bond donors (Lipinski definition) is 1. The Kier molecular flexibility index (Phi) is 8.29. The van der Waals surface area contributed by atoms with Gasteiger partial charge in [0.15, 0.2) is 0 Å². The van der Waals surface area contributed by atoms with E-state index in [2.05, 4.69) is 17.5 Å². The Balaban J connectivity index is 1.51. The number of Topliss-reactive ketones (excluding diaryl/α,β-unsaturated/α-hetero) is 1. The Morgan fingerprint density at radius 2 is 1.73 bits per heavy atom. The number of methoxy groups -OCH3 is 1. The largest absolute Gasteiger partial charge is 0.497 e. The number of benzene rings is 3. The van der Waals surface area contributed by atoms with E-state index in [4.69, 9.17) is 4.74 Å². The number of allylic oxidation sites excluding steroid dienone is 2. The predicted octanol–water partition coefficient (Wildman–Crippen LogP) is 4.93. The van der Waals surface area contributed by atoms with E-state index in [0.29, 0.717) is 23.5 Å². The van der Waals surface area contributed by atoms with Crippen LogP contribution in [0.25, 0.3) is 0 Å². The molecule has 210 valence electrons. The smallest absolute Gasteiger partial charge is 0.299 e. The molecule has 1 aliphatic heterocycles. The van der Waals surface area contributed by atoms with Crippen LogP contribution in [0, 0.1) is 12.8 Å². The summed E-state index contributed by atoms with van der Waals surface area (Å²) in [5, 5.41) is 3.00. The number of hydrogen-bond acceptors (Lipinski definition) is 5. The van der Waals surface area contributed by atoms with Gasteiger partial charge in [0.25, 0.3) is 11.7 Å². The highest BCUT2D eigenvalue weighted by Crippen LogP contribution is 2.31. The summed E-state index contributed by atoms with van der Waals surface area (Å²) in [5.74, 6) is -1.55. The van der Waals surface area contributed by atoms with E-state index < -0.39 is 23.6 Å². The van der Waals surface area contributed by atoms with Crippen LogP contribution in [0.15, 0.2) is 84.9 Å². The molecule has 5 rings (SSSR count). The van der Waals surface area contributed by atoms with Crippen molar-refractivity contribution in [2.45, 2.75) is 38.8 Å². The Hall–Kier alpha value is -4.72. The summed E-state index contributed by atoms with van der Waals surface area (Å²) in [6, 6.07) is 20.6. The Labute approximate surface area is 239 Å². The quantitative estimate of drug-likeness (QED) is 0.301. The third-order valence-corrected chi connectivity index (χ3v) is 7.81. The fourth-order valence-corrected chi connectivity index (χ4v) is 5.55. The van der Waals surface area contributed by atoms with Crippen molar-refractivity contribution in [3.8, 4) is 5.75 Å². The fourth-order valence-electron chi connectivity index (χ4n) is 5.55. The van der Waals surface area contributed by atoms with Crippen LogP contribution >= 0.6 is 0 Å². The number of anilines is 2. The molecular weight excluding hydrogens is 518 g/mol. The zero-order valence-corrected chi connectivity index (χ0v) is 23.2. The van der Waals surface area contributed by atoms with Crippen molar-refractivity contribution in [3.05, 3.63) is 102 Å². The molecule has 0 unspecified atom stereocenters. The van der Waals surface area contributed by atoms with E-state index >= 15 is 0 Å². The third-order valence-electron chi connectivity index (χ3n) is 7.81. The fraction of sp³-hybridized carbons (Fsp3) is 0.273. The van der Waals surface area contributed by atoms with Crippen molar-refractivity contribution in [1.82, 2.24) is 4.90 Å². The summed E-state index contributed by atoms with van der Waals surface area (Å²) >= 11 is 0. The molecule has 3 aromatic rings. The zero-order chi connectivity index (χ0) is 28.9.